The lowest BCUT2D eigenvalue weighted by Gasteiger charge is -2.18. The van der Waals surface area contributed by atoms with E-state index in [1.165, 1.54) is 19.3 Å². The lowest BCUT2D eigenvalue weighted by Crippen LogP contribution is -2.29. The molecule has 0 aromatic heterocycles. The molecular weight excluding hydrogens is 158 g/mol. The minimum absolute atomic E-state index is 0.755. The summed E-state index contributed by atoms with van der Waals surface area (Å²) in [7, 11) is 0. The molecule has 0 aliphatic rings. The van der Waals surface area contributed by atoms with Crippen LogP contribution in [0.15, 0.2) is 0 Å². The zero-order chi connectivity index (χ0) is 10.7. The lowest BCUT2D eigenvalue weighted by atomic mass is 10.0. The van der Waals surface area contributed by atoms with Crippen molar-refractivity contribution in [2.24, 2.45) is 5.92 Å². The largest absolute Gasteiger partial charge is 0.314 e. The van der Waals surface area contributed by atoms with Gasteiger partial charge in [0.25, 0.3) is 0 Å². The number of hydrogen-bond donors (Lipinski definition) is 1. The first kappa shape index (κ1) is 15.4. The van der Waals surface area contributed by atoms with E-state index in [2.05, 4.69) is 33.0 Å². The van der Waals surface area contributed by atoms with Crippen molar-refractivity contribution in [1.82, 2.24) is 5.32 Å². The average Bonchev–Trinajstić information content (AvgIpc) is 2.08. The van der Waals surface area contributed by atoms with Crippen LogP contribution in [0.2, 0.25) is 0 Å². The van der Waals surface area contributed by atoms with Gasteiger partial charge in [-0.3, -0.25) is 0 Å². The Morgan fingerprint density at radius 2 is 1.62 bits per heavy atom. The van der Waals surface area contributed by atoms with E-state index in [9.17, 15) is 0 Å². The van der Waals surface area contributed by atoms with E-state index in [-0.39, 0.29) is 0 Å². The molecule has 0 saturated carbocycles. The summed E-state index contributed by atoms with van der Waals surface area (Å²) >= 11 is 0. The Bertz CT molecular complexity index is 73.2. The molecule has 0 aromatic rings. The van der Waals surface area contributed by atoms with Crippen molar-refractivity contribution in [3.8, 4) is 0 Å². The monoisotopic (exact) mass is 187 g/mol. The Morgan fingerprint density at radius 1 is 1.08 bits per heavy atom. The molecule has 1 atom stereocenters. The van der Waals surface area contributed by atoms with Gasteiger partial charge in [0.05, 0.1) is 0 Å². The van der Waals surface area contributed by atoms with Crippen LogP contribution in [0.5, 0.6) is 0 Å². The summed E-state index contributed by atoms with van der Waals surface area (Å²) in [6, 6.07) is 0.755. The highest BCUT2D eigenvalue weighted by atomic mass is 14.9. The van der Waals surface area contributed by atoms with Gasteiger partial charge in [-0.15, -0.1) is 0 Å². The van der Waals surface area contributed by atoms with Gasteiger partial charge in [0.2, 0.25) is 0 Å². The Labute approximate surface area is 85.3 Å². The standard InChI is InChI=1S/C10H23N.C2H6/c1-5-7-10(11-6-2)8-9(3)4;1-2/h9-11H,5-8H2,1-4H3;1-2H3. The van der Waals surface area contributed by atoms with Crippen molar-refractivity contribution in [3.05, 3.63) is 0 Å². The molecule has 1 heteroatoms. The zero-order valence-corrected chi connectivity index (χ0v) is 10.5. The molecule has 0 amide bonds. The maximum Gasteiger partial charge on any atom is 0.00692 e. The topological polar surface area (TPSA) is 12.0 Å². The van der Waals surface area contributed by atoms with Gasteiger partial charge >= 0.3 is 0 Å². The summed E-state index contributed by atoms with van der Waals surface area (Å²) in [6.07, 6.45) is 3.94. The van der Waals surface area contributed by atoms with Gasteiger partial charge in [0.15, 0.2) is 0 Å². The minimum atomic E-state index is 0.755. The first-order chi connectivity index (χ1) is 6.20. The highest BCUT2D eigenvalue weighted by molar-refractivity contribution is 4.66. The summed E-state index contributed by atoms with van der Waals surface area (Å²) in [5.41, 5.74) is 0. The van der Waals surface area contributed by atoms with E-state index in [4.69, 9.17) is 0 Å². The lowest BCUT2D eigenvalue weighted by molar-refractivity contribution is 0.402. The second-order valence-corrected chi connectivity index (χ2v) is 3.67. The van der Waals surface area contributed by atoms with Crippen molar-refractivity contribution >= 4 is 0 Å². The van der Waals surface area contributed by atoms with Crippen LogP contribution in [0.3, 0.4) is 0 Å². The van der Waals surface area contributed by atoms with Crippen LogP contribution < -0.4 is 5.32 Å². The molecule has 0 radical (unpaired) electrons. The van der Waals surface area contributed by atoms with Crippen molar-refractivity contribution < 1.29 is 0 Å². The van der Waals surface area contributed by atoms with Gasteiger partial charge in [-0.25, -0.2) is 0 Å². The molecule has 0 heterocycles. The highest BCUT2D eigenvalue weighted by Crippen LogP contribution is 2.08. The Morgan fingerprint density at radius 3 is 1.92 bits per heavy atom. The molecule has 82 valence electrons. The van der Waals surface area contributed by atoms with Gasteiger partial charge in [0, 0.05) is 6.04 Å². The van der Waals surface area contributed by atoms with Gasteiger partial charge in [-0.2, -0.15) is 0 Å². The summed E-state index contributed by atoms with van der Waals surface area (Å²) in [5.74, 6) is 0.825. The van der Waals surface area contributed by atoms with Crippen LogP contribution in [0.1, 0.15) is 60.8 Å². The van der Waals surface area contributed by atoms with Gasteiger partial charge in [0.1, 0.15) is 0 Å². The fraction of sp³-hybridized carbons (Fsp3) is 1.00. The van der Waals surface area contributed by atoms with E-state index in [0.717, 1.165) is 18.5 Å². The quantitative estimate of drug-likeness (QED) is 0.666. The molecule has 0 saturated heterocycles. The van der Waals surface area contributed by atoms with Crippen LogP contribution >= 0.6 is 0 Å². The van der Waals surface area contributed by atoms with E-state index in [1.807, 2.05) is 13.8 Å². The summed E-state index contributed by atoms with van der Waals surface area (Å²) in [6.45, 7) is 14.1. The van der Waals surface area contributed by atoms with Crippen molar-refractivity contribution in [2.45, 2.75) is 66.8 Å². The van der Waals surface area contributed by atoms with Crippen molar-refractivity contribution in [1.29, 1.82) is 0 Å². The predicted molar refractivity (Wildman–Crippen MR) is 63.2 cm³/mol. The van der Waals surface area contributed by atoms with Crippen molar-refractivity contribution in [3.63, 3.8) is 0 Å². The molecule has 1 nitrogen and oxygen atoms in total. The third kappa shape index (κ3) is 12.0. The molecule has 0 aromatic carbocycles. The second kappa shape index (κ2) is 12.0. The van der Waals surface area contributed by atoms with Crippen LogP contribution in [0.25, 0.3) is 0 Å². The number of hydrogen-bond acceptors (Lipinski definition) is 1. The normalized spacial score (nSPS) is 12.2. The highest BCUT2D eigenvalue weighted by Gasteiger charge is 2.07. The second-order valence-electron chi connectivity index (χ2n) is 3.67. The summed E-state index contributed by atoms with van der Waals surface area (Å²) < 4.78 is 0. The molecule has 0 rings (SSSR count). The van der Waals surface area contributed by atoms with Crippen LogP contribution in [0, 0.1) is 5.92 Å². The minimum Gasteiger partial charge on any atom is -0.314 e. The number of nitrogens with one attached hydrogen (secondary N) is 1. The fourth-order valence-corrected chi connectivity index (χ4v) is 1.51. The van der Waals surface area contributed by atoms with Gasteiger partial charge < -0.3 is 5.32 Å². The number of rotatable bonds is 6. The van der Waals surface area contributed by atoms with Gasteiger partial charge in [-0.05, 0) is 25.3 Å². The first-order valence-corrected chi connectivity index (χ1v) is 5.94. The van der Waals surface area contributed by atoms with Crippen molar-refractivity contribution in [2.75, 3.05) is 6.54 Å². The third-order valence-corrected chi connectivity index (χ3v) is 1.89. The molecule has 0 bridgehead atoms. The predicted octanol–water partition coefficient (Wildman–Crippen LogP) is 3.84. The summed E-state index contributed by atoms with van der Waals surface area (Å²) in [5, 5.41) is 3.51. The molecule has 1 unspecified atom stereocenters. The average molecular weight is 187 g/mol. The molecule has 0 aliphatic carbocycles. The fourth-order valence-electron chi connectivity index (χ4n) is 1.51. The molecule has 0 aliphatic heterocycles. The Balaban J connectivity index is 0. The van der Waals surface area contributed by atoms with Crippen LogP contribution in [0.4, 0.5) is 0 Å². The molecular formula is C12H29N. The third-order valence-electron chi connectivity index (χ3n) is 1.89. The molecule has 0 fully saturated rings. The maximum absolute atomic E-state index is 3.51. The van der Waals surface area contributed by atoms with Crippen LogP contribution in [-0.2, 0) is 0 Å². The SMILES string of the molecule is CC.CCCC(CC(C)C)NCC. The first-order valence-electron chi connectivity index (χ1n) is 5.94. The summed E-state index contributed by atoms with van der Waals surface area (Å²) in [4.78, 5) is 0. The van der Waals surface area contributed by atoms with Gasteiger partial charge in [-0.1, -0.05) is 48.0 Å². The molecule has 0 spiro atoms. The molecule has 13 heavy (non-hydrogen) atoms. The van der Waals surface area contributed by atoms with E-state index in [1.54, 1.807) is 0 Å². The maximum atomic E-state index is 3.51. The molecule has 1 N–H and O–H groups in total. The Hall–Kier alpha value is -0.0400. The van der Waals surface area contributed by atoms with E-state index >= 15 is 0 Å². The zero-order valence-electron chi connectivity index (χ0n) is 10.5. The van der Waals surface area contributed by atoms with E-state index in [0.29, 0.717) is 0 Å². The smallest absolute Gasteiger partial charge is 0.00692 e. The Kier molecular flexibility index (Phi) is 14.2. The van der Waals surface area contributed by atoms with E-state index < -0.39 is 0 Å². The van der Waals surface area contributed by atoms with Crippen LogP contribution in [-0.4, -0.2) is 12.6 Å².